The lowest BCUT2D eigenvalue weighted by molar-refractivity contribution is -0.384. The van der Waals surface area contributed by atoms with Gasteiger partial charge in [-0.1, -0.05) is 22.4 Å². The topological polar surface area (TPSA) is 136 Å². The van der Waals surface area contributed by atoms with E-state index in [-0.39, 0.29) is 34.5 Å². The Morgan fingerprint density at radius 1 is 1.10 bits per heavy atom. The van der Waals surface area contributed by atoms with E-state index in [4.69, 9.17) is 4.74 Å². The van der Waals surface area contributed by atoms with Crippen molar-refractivity contribution in [1.82, 2.24) is 10.2 Å². The van der Waals surface area contributed by atoms with Gasteiger partial charge in [0.15, 0.2) is 5.75 Å². The molecule has 0 spiro atoms. The first kappa shape index (κ1) is 26.9. The summed E-state index contributed by atoms with van der Waals surface area (Å²) in [5.41, 5.74) is 0.493. The third-order valence-corrected chi connectivity index (χ3v) is 8.27. The number of rotatable bonds is 6. The summed E-state index contributed by atoms with van der Waals surface area (Å²) in [6.45, 7) is 0. The molecule has 2 aliphatic carbocycles. The maximum absolute atomic E-state index is 13.4. The summed E-state index contributed by atoms with van der Waals surface area (Å²) in [6, 6.07) is 7.88. The molecule has 1 aliphatic heterocycles. The monoisotopic (exact) mass is 657 g/mol. The first-order valence-electron chi connectivity index (χ1n) is 12.1. The van der Waals surface area contributed by atoms with E-state index in [1.54, 1.807) is 12.1 Å². The minimum Gasteiger partial charge on any atom is -0.422 e. The Kier molecular flexibility index (Phi) is 7.50. The van der Waals surface area contributed by atoms with Crippen molar-refractivity contribution >= 4 is 73.5 Å². The summed E-state index contributed by atoms with van der Waals surface area (Å²) < 4.78 is 6.52. The van der Waals surface area contributed by atoms with E-state index in [2.05, 4.69) is 37.2 Å². The Bertz CT molecular complexity index is 1470. The molecule has 0 radical (unpaired) electrons. The van der Waals surface area contributed by atoms with Crippen molar-refractivity contribution in [3.05, 3.63) is 78.2 Å². The molecule has 3 atom stereocenters. The third kappa shape index (κ3) is 5.57. The molecule has 12 heteroatoms. The van der Waals surface area contributed by atoms with Gasteiger partial charge >= 0.3 is 12.0 Å². The van der Waals surface area contributed by atoms with Gasteiger partial charge in [0.05, 0.1) is 9.40 Å². The number of nitro groups is 1. The molecule has 2 aromatic rings. The second kappa shape index (κ2) is 10.9. The number of esters is 1. The first-order chi connectivity index (χ1) is 18.6. The fourth-order valence-electron chi connectivity index (χ4n) is 5.46. The zero-order valence-corrected chi connectivity index (χ0v) is 23.4. The van der Waals surface area contributed by atoms with Crippen LogP contribution in [0.2, 0.25) is 0 Å². The van der Waals surface area contributed by atoms with Gasteiger partial charge in [-0.2, -0.15) is 0 Å². The molecule has 1 N–H and O–H groups in total. The number of halogens is 2. The summed E-state index contributed by atoms with van der Waals surface area (Å²) in [4.78, 5) is 62.9. The highest BCUT2D eigenvalue weighted by atomic mass is 79.9. The van der Waals surface area contributed by atoms with Gasteiger partial charge in [-0.15, -0.1) is 0 Å². The number of carbonyl (C=O) groups excluding carboxylic acids is 4. The number of benzene rings is 2. The van der Waals surface area contributed by atoms with Gasteiger partial charge in [0.1, 0.15) is 5.57 Å². The van der Waals surface area contributed by atoms with Crippen molar-refractivity contribution < 1.29 is 28.8 Å². The number of non-ortho nitro benzene ring substituents is 1. The number of carbonyl (C=O) groups is 4. The molecule has 1 heterocycles. The number of amides is 4. The molecule has 2 saturated carbocycles. The second-order valence-electron chi connectivity index (χ2n) is 9.64. The molecule has 0 unspecified atom stereocenters. The molecule has 10 nitrogen and oxygen atoms in total. The number of nitrogens with one attached hydrogen (secondary N) is 1. The predicted octanol–water partition coefficient (Wildman–Crippen LogP) is 5.39. The Labute approximate surface area is 239 Å². The lowest BCUT2D eigenvalue weighted by Gasteiger charge is -2.35. The van der Waals surface area contributed by atoms with Crippen molar-refractivity contribution in [3.63, 3.8) is 0 Å². The van der Waals surface area contributed by atoms with Crippen LogP contribution in [0.25, 0.3) is 12.2 Å². The van der Waals surface area contributed by atoms with Crippen molar-refractivity contribution in [2.75, 3.05) is 0 Å². The van der Waals surface area contributed by atoms with Crippen molar-refractivity contribution in [2.24, 2.45) is 11.8 Å². The van der Waals surface area contributed by atoms with Crippen LogP contribution in [0.15, 0.2) is 57.0 Å². The highest BCUT2D eigenvalue weighted by Gasteiger charge is 2.49. The van der Waals surface area contributed by atoms with Crippen LogP contribution < -0.4 is 10.1 Å². The van der Waals surface area contributed by atoms with E-state index < -0.39 is 28.7 Å². The van der Waals surface area contributed by atoms with Crippen LogP contribution >= 0.6 is 31.9 Å². The third-order valence-electron chi connectivity index (χ3n) is 7.22. The van der Waals surface area contributed by atoms with Gasteiger partial charge in [-0.05, 0) is 89.0 Å². The molecule has 3 aliphatic rings. The number of imide groups is 2. The molecule has 2 aromatic carbocycles. The molecule has 1 saturated heterocycles. The van der Waals surface area contributed by atoms with Crippen LogP contribution in [0, 0.1) is 22.0 Å². The number of urea groups is 1. The van der Waals surface area contributed by atoms with Crippen molar-refractivity contribution in [1.29, 1.82) is 0 Å². The molecule has 39 heavy (non-hydrogen) atoms. The molecule has 0 aromatic heterocycles. The highest BCUT2D eigenvalue weighted by molar-refractivity contribution is 9.11. The van der Waals surface area contributed by atoms with E-state index in [1.807, 2.05) is 0 Å². The molecule has 200 valence electrons. The zero-order valence-electron chi connectivity index (χ0n) is 20.3. The standard InChI is InChI=1S/C27H21Br2N3O7/c28-18-11-17(12-20-25(34)30-27(36)31(26(20)35)22-10-15-1-5-16(22)9-15)24(21(29)13-18)39-23(33)8-4-14-2-6-19(7-3-14)32(37)38/h2-4,6-8,11-13,15-16,22H,1,5,9-10H2,(H,30,34,36)/b8-4+,20-12-/t15-,16-,22-/m0/s1. The molecule has 2 bridgehead atoms. The van der Waals surface area contributed by atoms with Crippen molar-refractivity contribution in [2.45, 2.75) is 31.7 Å². The summed E-state index contributed by atoms with van der Waals surface area (Å²) in [5.74, 6) is -1.47. The van der Waals surface area contributed by atoms with Gasteiger partial charge in [0.25, 0.3) is 17.5 Å². The van der Waals surface area contributed by atoms with Crippen LogP contribution in [0.4, 0.5) is 10.5 Å². The first-order valence-corrected chi connectivity index (χ1v) is 13.7. The van der Waals surface area contributed by atoms with Crippen LogP contribution in [0.3, 0.4) is 0 Å². The van der Waals surface area contributed by atoms with Crippen LogP contribution in [0.5, 0.6) is 5.75 Å². The van der Waals surface area contributed by atoms with Crippen molar-refractivity contribution in [3.8, 4) is 5.75 Å². The van der Waals surface area contributed by atoms with E-state index in [0.29, 0.717) is 20.4 Å². The number of hydrogen-bond donors (Lipinski definition) is 1. The lowest BCUT2D eigenvalue weighted by Crippen LogP contribution is -2.58. The van der Waals surface area contributed by atoms with E-state index in [9.17, 15) is 29.3 Å². The van der Waals surface area contributed by atoms with Gasteiger partial charge in [0.2, 0.25) is 0 Å². The number of fused-ring (bicyclic) bond motifs is 2. The summed E-state index contributed by atoms with van der Waals surface area (Å²) >= 11 is 6.73. The number of ether oxygens (including phenoxy) is 1. The van der Waals surface area contributed by atoms with Crippen LogP contribution in [-0.2, 0) is 14.4 Å². The molecule has 4 amide bonds. The summed E-state index contributed by atoms with van der Waals surface area (Å²) in [5, 5.41) is 13.1. The summed E-state index contributed by atoms with van der Waals surface area (Å²) in [6.07, 6.45) is 7.65. The zero-order chi connectivity index (χ0) is 27.8. The lowest BCUT2D eigenvalue weighted by atomic mass is 9.93. The Hall–Kier alpha value is -3.64. The fourth-order valence-corrected chi connectivity index (χ4v) is 6.80. The Morgan fingerprint density at radius 3 is 2.49 bits per heavy atom. The number of nitrogens with zero attached hydrogens (tertiary/aromatic N) is 2. The van der Waals surface area contributed by atoms with E-state index in [0.717, 1.165) is 31.8 Å². The number of barbiturate groups is 1. The van der Waals surface area contributed by atoms with Crippen LogP contribution in [-0.4, -0.2) is 39.7 Å². The Balaban J connectivity index is 1.40. The largest absolute Gasteiger partial charge is 0.422 e. The number of nitro benzene ring substituents is 1. The maximum Gasteiger partial charge on any atom is 0.336 e. The smallest absolute Gasteiger partial charge is 0.336 e. The minimum absolute atomic E-state index is 0.0630. The average molecular weight is 659 g/mol. The number of hydrogen-bond acceptors (Lipinski definition) is 7. The fraction of sp³-hybridized carbons (Fsp3) is 0.259. The van der Waals surface area contributed by atoms with Gasteiger partial charge in [0, 0.05) is 34.3 Å². The van der Waals surface area contributed by atoms with Gasteiger partial charge in [-0.3, -0.25) is 29.9 Å². The van der Waals surface area contributed by atoms with Gasteiger partial charge in [-0.25, -0.2) is 9.59 Å². The minimum atomic E-state index is -0.823. The Morgan fingerprint density at radius 2 is 1.85 bits per heavy atom. The van der Waals surface area contributed by atoms with E-state index >= 15 is 0 Å². The SMILES string of the molecule is O=C(/C=C/c1ccc([N+](=O)[O-])cc1)Oc1c(Br)cc(Br)cc1/C=C1/C(=O)NC(=O)N([C@H]2C[C@H]3CC[C@H]2C3)C1=O. The normalized spacial score (nSPS) is 23.5. The predicted molar refractivity (Wildman–Crippen MR) is 147 cm³/mol. The molecule has 3 fully saturated rings. The molecular formula is C27H21Br2N3O7. The maximum atomic E-state index is 13.4. The summed E-state index contributed by atoms with van der Waals surface area (Å²) in [7, 11) is 0. The van der Waals surface area contributed by atoms with E-state index in [1.165, 1.54) is 41.3 Å². The second-order valence-corrected chi connectivity index (χ2v) is 11.4. The van der Waals surface area contributed by atoms with Gasteiger partial charge < -0.3 is 4.74 Å². The highest BCUT2D eigenvalue weighted by Crippen LogP contribution is 2.47. The molecular weight excluding hydrogens is 638 g/mol. The average Bonchev–Trinajstić information content (AvgIpc) is 3.51. The quantitative estimate of drug-likeness (QED) is 0.110. The molecule has 5 rings (SSSR count). The van der Waals surface area contributed by atoms with Crippen LogP contribution in [0.1, 0.15) is 36.8 Å².